The van der Waals surface area contributed by atoms with Crippen molar-refractivity contribution in [1.29, 1.82) is 0 Å². The molecule has 5 N–H and O–H groups in total. The van der Waals surface area contributed by atoms with E-state index in [2.05, 4.69) is 5.32 Å². The van der Waals surface area contributed by atoms with E-state index in [0.717, 1.165) is 0 Å². The van der Waals surface area contributed by atoms with E-state index >= 15 is 0 Å². The second-order valence-electron chi connectivity index (χ2n) is 9.24. The fraction of sp³-hybridized carbons (Fsp3) is 0.682. The Bertz CT molecular complexity index is 791. The second kappa shape index (κ2) is 11.0. The van der Waals surface area contributed by atoms with Gasteiger partial charge in [-0.25, -0.2) is 9.59 Å². The first-order chi connectivity index (χ1) is 15.3. The number of nitrogens with zero attached hydrogens (tertiary/aromatic N) is 1. The van der Waals surface area contributed by atoms with Gasteiger partial charge in [0.05, 0.1) is 0 Å². The number of primary amides is 1. The number of hydrogen-bond donors (Lipinski definition) is 4. The maximum atomic E-state index is 12.7. The summed E-state index contributed by atoms with van der Waals surface area (Å²) in [6.45, 7) is 8.44. The van der Waals surface area contributed by atoms with Crippen LogP contribution < -0.4 is 11.1 Å². The Balaban J connectivity index is 2.00. The largest absolute Gasteiger partial charge is 0.461 e. The minimum atomic E-state index is -1.34. The summed E-state index contributed by atoms with van der Waals surface area (Å²) in [6, 6.07) is -0.963. The SMILES string of the molecule is CC[C@H](C)[C@H](NC(=O)OC(C)(C)C)C(=O)OC[C@H]1O[C@@H](N2C=CCC(C(N)=O)=C2)[C@H](O)[C@@H]1O. The van der Waals surface area contributed by atoms with Crippen LogP contribution in [-0.4, -0.2) is 75.9 Å². The topological polar surface area (TPSA) is 161 Å². The Morgan fingerprint density at radius 2 is 1.97 bits per heavy atom. The number of allylic oxidation sites excluding steroid dienone is 1. The molecule has 11 heteroatoms. The Morgan fingerprint density at radius 1 is 1.30 bits per heavy atom. The van der Waals surface area contributed by atoms with Crippen LogP contribution in [0.25, 0.3) is 0 Å². The average molecular weight is 470 g/mol. The van der Waals surface area contributed by atoms with Crippen molar-refractivity contribution < 1.29 is 38.8 Å². The maximum Gasteiger partial charge on any atom is 0.408 e. The first-order valence-corrected chi connectivity index (χ1v) is 11.0. The molecule has 6 atom stereocenters. The van der Waals surface area contributed by atoms with Gasteiger partial charge in [0.1, 0.15) is 36.6 Å². The fourth-order valence-electron chi connectivity index (χ4n) is 3.37. The highest BCUT2D eigenvalue weighted by Gasteiger charge is 2.46. The molecule has 0 unspecified atom stereocenters. The van der Waals surface area contributed by atoms with Gasteiger partial charge in [0.15, 0.2) is 6.23 Å². The molecule has 33 heavy (non-hydrogen) atoms. The normalized spacial score (nSPS) is 26.9. The average Bonchev–Trinajstić information content (AvgIpc) is 3.02. The molecule has 0 radical (unpaired) electrons. The molecule has 0 aromatic carbocycles. The third kappa shape index (κ3) is 7.18. The molecule has 0 aromatic rings. The summed E-state index contributed by atoms with van der Waals surface area (Å²) in [7, 11) is 0. The summed E-state index contributed by atoms with van der Waals surface area (Å²) in [5, 5.41) is 23.4. The Kier molecular flexibility index (Phi) is 8.87. The molecule has 11 nitrogen and oxygen atoms in total. The molecular formula is C22H35N3O8. The number of ether oxygens (including phenoxy) is 3. The van der Waals surface area contributed by atoms with Gasteiger partial charge in [-0.3, -0.25) is 4.79 Å². The van der Waals surface area contributed by atoms with Crippen molar-refractivity contribution in [3.05, 3.63) is 24.0 Å². The van der Waals surface area contributed by atoms with Crippen molar-refractivity contribution in [3.63, 3.8) is 0 Å². The fourth-order valence-corrected chi connectivity index (χ4v) is 3.37. The number of carbonyl (C=O) groups excluding carboxylic acids is 3. The zero-order chi connectivity index (χ0) is 24.9. The van der Waals surface area contributed by atoms with Crippen LogP contribution >= 0.6 is 0 Å². The van der Waals surface area contributed by atoms with Crippen molar-refractivity contribution in [2.24, 2.45) is 11.7 Å². The quantitative estimate of drug-likeness (QED) is 0.371. The Labute approximate surface area is 193 Å². The van der Waals surface area contributed by atoms with Gasteiger partial charge in [0.25, 0.3) is 0 Å². The van der Waals surface area contributed by atoms with Crippen molar-refractivity contribution in [1.82, 2.24) is 10.2 Å². The van der Waals surface area contributed by atoms with Gasteiger partial charge in [0.2, 0.25) is 5.91 Å². The number of carbonyl (C=O) groups is 3. The van der Waals surface area contributed by atoms with Crippen LogP contribution in [0.1, 0.15) is 47.5 Å². The molecule has 2 aliphatic rings. The van der Waals surface area contributed by atoms with Crippen LogP contribution in [0.4, 0.5) is 4.79 Å². The molecule has 1 saturated heterocycles. The molecule has 0 bridgehead atoms. The van der Waals surface area contributed by atoms with Gasteiger partial charge in [0, 0.05) is 18.0 Å². The number of aliphatic hydroxyl groups is 2. The van der Waals surface area contributed by atoms with Gasteiger partial charge in [-0.2, -0.15) is 0 Å². The van der Waals surface area contributed by atoms with E-state index in [9.17, 15) is 24.6 Å². The van der Waals surface area contributed by atoms with Crippen LogP contribution in [0, 0.1) is 5.92 Å². The molecule has 186 valence electrons. The predicted molar refractivity (Wildman–Crippen MR) is 117 cm³/mol. The zero-order valence-electron chi connectivity index (χ0n) is 19.7. The molecule has 2 heterocycles. The summed E-state index contributed by atoms with van der Waals surface area (Å²) in [5.74, 6) is -1.55. The van der Waals surface area contributed by atoms with Crippen LogP contribution in [0.2, 0.25) is 0 Å². The van der Waals surface area contributed by atoms with E-state index in [1.807, 2.05) is 6.92 Å². The predicted octanol–water partition coefficient (Wildman–Crippen LogP) is 0.504. The Hall–Kier alpha value is -2.63. The lowest BCUT2D eigenvalue weighted by molar-refractivity contribution is -0.154. The molecule has 1 fully saturated rings. The summed E-state index contributed by atoms with van der Waals surface area (Å²) in [4.78, 5) is 37.7. The first-order valence-electron chi connectivity index (χ1n) is 11.0. The summed E-state index contributed by atoms with van der Waals surface area (Å²) in [5.41, 5.74) is 4.91. The van der Waals surface area contributed by atoms with Gasteiger partial charge in [-0.1, -0.05) is 26.3 Å². The molecule has 2 amide bonds. The van der Waals surface area contributed by atoms with Gasteiger partial charge in [-0.15, -0.1) is 0 Å². The maximum absolute atomic E-state index is 12.7. The number of amides is 2. The summed E-state index contributed by atoms with van der Waals surface area (Å²) < 4.78 is 16.3. The summed E-state index contributed by atoms with van der Waals surface area (Å²) in [6.07, 6.45) is 0.229. The number of rotatable bonds is 8. The van der Waals surface area contributed by atoms with Crippen LogP contribution in [0.15, 0.2) is 24.0 Å². The Morgan fingerprint density at radius 3 is 2.55 bits per heavy atom. The number of esters is 1. The number of aliphatic hydroxyl groups excluding tert-OH is 2. The van der Waals surface area contributed by atoms with Crippen molar-refractivity contribution in [2.45, 2.75) is 83.6 Å². The highest BCUT2D eigenvalue weighted by molar-refractivity contribution is 5.92. The monoisotopic (exact) mass is 469 g/mol. The van der Waals surface area contributed by atoms with Crippen molar-refractivity contribution in [3.8, 4) is 0 Å². The molecular weight excluding hydrogens is 434 g/mol. The number of nitrogens with two attached hydrogens (primary N) is 1. The van der Waals surface area contributed by atoms with E-state index in [1.54, 1.807) is 40.0 Å². The molecule has 0 aliphatic carbocycles. The van der Waals surface area contributed by atoms with Crippen LogP contribution in [0.5, 0.6) is 0 Å². The van der Waals surface area contributed by atoms with Gasteiger partial charge < -0.3 is 40.4 Å². The van der Waals surface area contributed by atoms with E-state index in [-0.39, 0.29) is 12.5 Å². The standard InChI is InChI=1S/C22H35N3O8/c1-6-12(2)15(24-21(30)33-22(3,4)5)20(29)31-11-14-16(26)17(27)19(32-14)25-9-7-8-13(10-25)18(23)28/h7,9-10,12,14-17,19,26-27H,6,8,11H2,1-5H3,(H2,23,28)(H,24,30)/t12-,14+,15-,16+,17+,19+/m0/s1. The minimum Gasteiger partial charge on any atom is -0.461 e. The van der Waals surface area contributed by atoms with E-state index in [0.29, 0.717) is 18.4 Å². The molecule has 0 saturated carbocycles. The molecule has 2 rings (SSSR count). The van der Waals surface area contributed by atoms with Crippen molar-refractivity contribution >= 4 is 18.0 Å². The summed E-state index contributed by atoms with van der Waals surface area (Å²) >= 11 is 0. The van der Waals surface area contributed by atoms with Gasteiger partial charge >= 0.3 is 12.1 Å². The highest BCUT2D eigenvalue weighted by atomic mass is 16.6. The molecule has 0 aromatic heterocycles. The zero-order valence-corrected chi connectivity index (χ0v) is 19.7. The molecule has 0 spiro atoms. The van der Waals surface area contributed by atoms with E-state index < -0.39 is 54.2 Å². The minimum absolute atomic E-state index is 0.242. The smallest absolute Gasteiger partial charge is 0.408 e. The number of alkyl carbamates (subject to hydrolysis) is 1. The van der Waals surface area contributed by atoms with Crippen LogP contribution in [-0.2, 0) is 23.8 Å². The number of nitrogens with one attached hydrogen (secondary N) is 1. The van der Waals surface area contributed by atoms with E-state index in [1.165, 1.54) is 11.1 Å². The van der Waals surface area contributed by atoms with Crippen LogP contribution in [0.3, 0.4) is 0 Å². The second-order valence-corrected chi connectivity index (χ2v) is 9.24. The highest BCUT2D eigenvalue weighted by Crippen LogP contribution is 2.27. The molecule has 2 aliphatic heterocycles. The lowest BCUT2D eigenvalue weighted by Crippen LogP contribution is -2.48. The lowest BCUT2D eigenvalue weighted by atomic mass is 9.99. The number of hydrogen-bond acceptors (Lipinski definition) is 9. The lowest BCUT2D eigenvalue weighted by Gasteiger charge is -2.28. The van der Waals surface area contributed by atoms with Gasteiger partial charge in [-0.05, 0) is 33.1 Å². The van der Waals surface area contributed by atoms with E-state index in [4.69, 9.17) is 19.9 Å². The first kappa shape index (κ1) is 26.6. The third-order valence-electron chi connectivity index (χ3n) is 5.40. The van der Waals surface area contributed by atoms with Crippen molar-refractivity contribution in [2.75, 3.05) is 6.61 Å². The third-order valence-corrected chi connectivity index (χ3v) is 5.40.